The van der Waals surface area contributed by atoms with E-state index >= 15 is 0 Å². The van der Waals surface area contributed by atoms with Crippen molar-refractivity contribution in [3.8, 4) is 0 Å². The molecule has 0 aliphatic heterocycles. The van der Waals surface area contributed by atoms with Crippen molar-refractivity contribution in [1.82, 2.24) is 4.98 Å². The van der Waals surface area contributed by atoms with Crippen molar-refractivity contribution in [3.05, 3.63) is 51.2 Å². The summed E-state index contributed by atoms with van der Waals surface area (Å²) in [5.41, 5.74) is 1.91. The van der Waals surface area contributed by atoms with Gasteiger partial charge in [-0.3, -0.25) is 4.79 Å². The van der Waals surface area contributed by atoms with Crippen molar-refractivity contribution in [2.45, 2.75) is 32.1 Å². The fourth-order valence-electron chi connectivity index (χ4n) is 2.60. The van der Waals surface area contributed by atoms with Gasteiger partial charge in [-0.25, -0.2) is 9.37 Å². The first kappa shape index (κ1) is 14.2. The highest BCUT2D eigenvalue weighted by Crippen LogP contribution is 2.37. The Bertz CT molecular complexity index is 651. The summed E-state index contributed by atoms with van der Waals surface area (Å²) < 4.78 is 18.0. The minimum atomic E-state index is -0.234. The number of carbonyl (C=O) groups is 1. The van der Waals surface area contributed by atoms with Gasteiger partial charge in [0.1, 0.15) is 11.7 Å². The maximum absolute atomic E-state index is 12.9. The lowest BCUT2D eigenvalue weighted by Gasteiger charge is -2.07. The highest BCUT2D eigenvalue weighted by atomic mass is 32.1. The molecule has 0 saturated carbocycles. The summed E-state index contributed by atoms with van der Waals surface area (Å²) in [5.74, 6) is -0.615. The zero-order valence-electron chi connectivity index (χ0n) is 11.8. The molecule has 0 saturated heterocycles. The second-order valence-corrected chi connectivity index (χ2v) is 6.23. The third-order valence-electron chi connectivity index (χ3n) is 3.60. The molecule has 1 atom stereocenters. The predicted octanol–water partition coefficient (Wildman–Crippen LogP) is 3.47. The maximum atomic E-state index is 12.9. The fraction of sp³-hybridized carbons (Fsp3) is 0.375. The van der Waals surface area contributed by atoms with Gasteiger partial charge in [-0.05, 0) is 37.5 Å². The smallest absolute Gasteiger partial charge is 0.315 e. The molecule has 0 fully saturated rings. The van der Waals surface area contributed by atoms with E-state index in [-0.39, 0.29) is 17.7 Å². The lowest BCUT2D eigenvalue weighted by atomic mass is 10.1. The zero-order valence-corrected chi connectivity index (χ0v) is 12.6. The van der Waals surface area contributed by atoms with E-state index in [1.54, 1.807) is 23.5 Å². The van der Waals surface area contributed by atoms with Gasteiger partial charge in [0, 0.05) is 11.3 Å². The molecule has 110 valence electrons. The van der Waals surface area contributed by atoms with Crippen LogP contribution in [0.3, 0.4) is 0 Å². The van der Waals surface area contributed by atoms with Crippen LogP contribution < -0.4 is 0 Å². The Balaban J connectivity index is 1.77. The van der Waals surface area contributed by atoms with Gasteiger partial charge in [-0.2, -0.15) is 0 Å². The van der Waals surface area contributed by atoms with Crippen molar-refractivity contribution >= 4 is 17.3 Å². The van der Waals surface area contributed by atoms with Gasteiger partial charge in [0.25, 0.3) is 0 Å². The molecule has 1 aliphatic carbocycles. The monoisotopic (exact) mass is 305 g/mol. The minimum Gasteiger partial charge on any atom is -0.465 e. The molecule has 0 radical (unpaired) electrons. The molecular formula is C16H16FNO2S. The number of nitrogens with zero attached hydrogens (tertiary/aromatic N) is 1. The molecule has 1 aromatic heterocycles. The first-order chi connectivity index (χ1) is 10.2. The normalized spacial score (nSPS) is 16.8. The summed E-state index contributed by atoms with van der Waals surface area (Å²) >= 11 is 1.65. The number of halogens is 1. The molecule has 0 N–H and O–H groups in total. The number of ether oxygens (including phenoxy) is 1. The largest absolute Gasteiger partial charge is 0.465 e. The summed E-state index contributed by atoms with van der Waals surface area (Å²) in [7, 11) is 0. The standard InChI is InChI=1S/C16H16FNO2S/c1-2-20-16(19)12-7-8-13-15(12)18-14(21-13)9-10-3-5-11(17)6-4-10/h3-6,12H,2,7-9H2,1H3. The van der Waals surface area contributed by atoms with Gasteiger partial charge in [0.2, 0.25) is 0 Å². The fourth-order valence-corrected chi connectivity index (χ4v) is 3.78. The molecule has 3 rings (SSSR count). The molecule has 1 heterocycles. The Labute approximate surface area is 126 Å². The summed E-state index contributed by atoms with van der Waals surface area (Å²) in [5, 5.41) is 0.973. The zero-order chi connectivity index (χ0) is 14.8. The van der Waals surface area contributed by atoms with E-state index in [2.05, 4.69) is 4.98 Å². The molecule has 1 aliphatic rings. The number of hydrogen-bond donors (Lipinski definition) is 0. The van der Waals surface area contributed by atoms with Crippen LogP contribution in [0.4, 0.5) is 4.39 Å². The number of fused-ring (bicyclic) bond motifs is 1. The predicted molar refractivity (Wildman–Crippen MR) is 79.0 cm³/mol. The molecule has 0 spiro atoms. The first-order valence-electron chi connectivity index (χ1n) is 7.07. The topological polar surface area (TPSA) is 39.2 Å². The van der Waals surface area contributed by atoms with Crippen LogP contribution in [-0.4, -0.2) is 17.6 Å². The number of aryl methyl sites for hydroxylation is 1. The number of carbonyl (C=O) groups excluding carboxylic acids is 1. The van der Waals surface area contributed by atoms with Gasteiger partial charge in [0.05, 0.1) is 17.3 Å². The Morgan fingerprint density at radius 3 is 2.90 bits per heavy atom. The second kappa shape index (κ2) is 5.93. The van der Waals surface area contributed by atoms with Gasteiger partial charge < -0.3 is 4.74 Å². The van der Waals surface area contributed by atoms with Crippen molar-refractivity contribution in [2.24, 2.45) is 0 Å². The van der Waals surface area contributed by atoms with Crippen LogP contribution in [0.15, 0.2) is 24.3 Å². The molecule has 0 amide bonds. The molecule has 0 bridgehead atoms. The molecule has 5 heteroatoms. The first-order valence-corrected chi connectivity index (χ1v) is 7.88. The summed E-state index contributed by atoms with van der Waals surface area (Å²) in [6.07, 6.45) is 2.36. The molecular weight excluding hydrogens is 289 g/mol. The molecule has 1 aromatic carbocycles. The van der Waals surface area contributed by atoms with E-state index in [9.17, 15) is 9.18 Å². The Morgan fingerprint density at radius 2 is 2.19 bits per heavy atom. The van der Waals surface area contributed by atoms with Crippen molar-refractivity contribution in [3.63, 3.8) is 0 Å². The van der Waals surface area contributed by atoms with Gasteiger partial charge >= 0.3 is 5.97 Å². The third kappa shape index (κ3) is 2.97. The van der Waals surface area contributed by atoms with Crippen LogP contribution in [0.5, 0.6) is 0 Å². The van der Waals surface area contributed by atoms with Crippen molar-refractivity contribution in [2.75, 3.05) is 6.61 Å². The van der Waals surface area contributed by atoms with Crippen molar-refractivity contribution < 1.29 is 13.9 Å². The molecule has 2 aromatic rings. The van der Waals surface area contributed by atoms with Crippen LogP contribution in [-0.2, 0) is 22.4 Å². The van der Waals surface area contributed by atoms with E-state index in [1.807, 2.05) is 6.92 Å². The Hall–Kier alpha value is -1.75. The van der Waals surface area contributed by atoms with E-state index in [4.69, 9.17) is 4.74 Å². The molecule has 1 unspecified atom stereocenters. The van der Waals surface area contributed by atoms with E-state index in [0.29, 0.717) is 13.0 Å². The Kier molecular flexibility index (Phi) is 4.01. The van der Waals surface area contributed by atoms with Gasteiger partial charge in [-0.1, -0.05) is 12.1 Å². The summed E-state index contributed by atoms with van der Waals surface area (Å²) in [6.45, 7) is 2.21. The van der Waals surface area contributed by atoms with Crippen molar-refractivity contribution in [1.29, 1.82) is 0 Å². The van der Waals surface area contributed by atoms with E-state index in [1.165, 1.54) is 17.0 Å². The highest BCUT2D eigenvalue weighted by molar-refractivity contribution is 7.11. The average Bonchev–Trinajstić information content (AvgIpc) is 3.01. The number of thiazole rings is 1. The van der Waals surface area contributed by atoms with Crippen LogP contribution in [0, 0.1) is 5.82 Å². The third-order valence-corrected chi connectivity index (χ3v) is 4.73. The van der Waals surface area contributed by atoms with Crippen LogP contribution >= 0.6 is 11.3 Å². The quantitative estimate of drug-likeness (QED) is 0.812. The van der Waals surface area contributed by atoms with E-state index in [0.717, 1.165) is 29.1 Å². The number of rotatable bonds is 4. The summed E-state index contributed by atoms with van der Waals surface area (Å²) in [6, 6.07) is 6.45. The lowest BCUT2D eigenvalue weighted by molar-refractivity contribution is -0.145. The number of esters is 1. The van der Waals surface area contributed by atoms with Crippen LogP contribution in [0.1, 0.15) is 40.4 Å². The molecule has 21 heavy (non-hydrogen) atoms. The van der Waals surface area contributed by atoms with Gasteiger partial charge in [0.15, 0.2) is 0 Å². The lowest BCUT2D eigenvalue weighted by Crippen LogP contribution is -2.14. The number of benzene rings is 1. The average molecular weight is 305 g/mol. The minimum absolute atomic E-state index is 0.171. The number of hydrogen-bond acceptors (Lipinski definition) is 4. The van der Waals surface area contributed by atoms with Crippen LogP contribution in [0.25, 0.3) is 0 Å². The second-order valence-electron chi connectivity index (χ2n) is 5.06. The van der Waals surface area contributed by atoms with Crippen LogP contribution in [0.2, 0.25) is 0 Å². The van der Waals surface area contributed by atoms with E-state index < -0.39 is 0 Å². The van der Waals surface area contributed by atoms with Gasteiger partial charge in [-0.15, -0.1) is 11.3 Å². The maximum Gasteiger partial charge on any atom is 0.315 e. The molecule has 3 nitrogen and oxygen atoms in total. The SMILES string of the molecule is CCOC(=O)C1CCc2sc(Cc3ccc(F)cc3)nc21. The Morgan fingerprint density at radius 1 is 1.43 bits per heavy atom. The summed E-state index contributed by atoms with van der Waals surface area (Å²) in [4.78, 5) is 17.7. The highest BCUT2D eigenvalue weighted by Gasteiger charge is 2.33. The number of aromatic nitrogens is 1.